The van der Waals surface area contributed by atoms with Crippen LogP contribution in [0.25, 0.3) is 0 Å². The number of nitriles is 1. The van der Waals surface area contributed by atoms with E-state index in [4.69, 9.17) is 26.3 Å². The number of nitrogens with one attached hydrogen (secondary N) is 1. The van der Waals surface area contributed by atoms with E-state index in [-0.39, 0.29) is 6.04 Å². The lowest BCUT2D eigenvalue weighted by molar-refractivity contribution is -0.154. The molecule has 2 rings (SSSR count). The number of halogens is 1. The van der Waals surface area contributed by atoms with Crippen LogP contribution in [0, 0.1) is 11.3 Å². The summed E-state index contributed by atoms with van der Waals surface area (Å²) in [6.45, 7) is 2.92. The van der Waals surface area contributed by atoms with E-state index in [1.54, 1.807) is 42.5 Å². The van der Waals surface area contributed by atoms with Crippen LogP contribution in [0.4, 0.5) is 0 Å². The highest BCUT2D eigenvalue weighted by atomic mass is 35.5. The van der Waals surface area contributed by atoms with Crippen molar-refractivity contribution in [2.75, 3.05) is 6.61 Å². The molecule has 0 aromatic heterocycles. The summed E-state index contributed by atoms with van der Waals surface area (Å²) in [6.07, 6.45) is -0.893. The molecule has 140 valence electrons. The molecule has 27 heavy (non-hydrogen) atoms. The number of carbonyl (C=O) groups is 2. The fraction of sp³-hybridized carbons (Fsp3) is 0.250. The van der Waals surface area contributed by atoms with Crippen LogP contribution in [-0.2, 0) is 14.3 Å². The van der Waals surface area contributed by atoms with Gasteiger partial charge in [0.25, 0.3) is 5.91 Å². The van der Waals surface area contributed by atoms with Crippen molar-refractivity contribution in [3.63, 3.8) is 0 Å². The first kappa shape index (κ1) is 20.3. The molecule has 0 spiro atoms. The number of amides is 1. The molecule has 0 saturated carbocycles. The number of carbonyl (C=O) groups excluding carboxylic acids is 2. The van der Waals surface area contributed by atoms with E-state index < -0.39 is 24.6 Å². The van der Waals surface area contributed by atoms with Gasteiger partial charge in [0.15, 0.2) is 12.7 Å². The van der Waals surface area contributed by atoms with Gasteiger partial charge >= 0.3 is 5.97 Å². The molecule has 2 aromatic carbocycles. The van der Waals surface area contributed by atoms with E-state index in [9.17, 15) is 9.59 Å². The molecule has 0 radical (unpaired) electrons. The van der Waals surface area contributed by atoms with Crippen molar-refractivity contribution < 1.29 is 19.1 Å². The summed E-state index contributed by atoms with van der Waals surface area (Å²) in [5, 5.41) is 12.1. The minimum absolute atomic E-state index is 0.276. The minimum Gasteiger partial charge on any atom is -0.479 e. The summed E-state index contributed by atoms with van der Waals surface area (Å²) in [4.78, 5) is 24.0. The van der Waals surface area contributed by atoms with Crippen LogP contribution in [0.5, 0.6) is 5.75 Å². The Balaban J connectivity index is 1.79. The quantitative estimate of drug-likeness (QED) is 0.737. The maximum atomic E-state index is 12.0. The molecule has 0 aliphatic carbocycles. The Morgan fingerprint density at radius 3 is 2.52 bits per heavy atom. The van der Waals surface area contributed by atoms with Crippen molar-refractivity contribution in [1.82, 2.24) is 5.32 Å². The predicted molar refractivity (Wildman–Crippen MR) is 100 cm³/mol. The highest BCUT2D eigenvalue weighted by Crippen LogP contribution is 2.17. The van der Waals surface area contributed by atoms with Crippen LogP contribution in [0.1, 0.15) is 31.0 Å². The summed E-state index contributed by atoms with van der Waals surface area (Å²) in [5.41, 5.74) is 1.34. The second kappa shape index (κ2) is 9.60. The van der Waals surface area contributed by atoms with Crippen molar-refractivity contribution in [3.8, 4) is 11.8 Å². The van der Waals surface area contributed by atoms with Crippen LogP contribution in [0.3, 0.4) is 0 Å². The number of hydrogen-bond donors (Lipinski definition) is 1. The molecular formula is C20H19ClN2O4. The molecule has 6 nitrogen and oxygen atoms in total. The Kier molecular flexibility index (Phi) is 7.21. The van der Waals surface area contributed by atoms with E-state index in [1.807, 2.05) is 19.1 Å². The lowest BCUT2D eigenvalue weighted by Gasteiger charge is -2.16. The second-order valence-electron chi connectivity index (χ2n) is 5.85. The third kappa shape index (κ3) is 6.32. The third-order valence-electron chi connectivity index (χ3n) is 3.70. The van der Waals surface area contributed by atoms with Crippen molar-refractivity contribution in [1.29, 1.82) is 5.26 Å². The summed E-state index contributed by atoms with van der Waals surface area (Å²) >= 11 is 5.93. The number of ether oxygens (including phenoxy) is 2. The number of esters is 1. The SMILES string of the molecule is C[C@H](NC(=O)COC(=O)[C@@H](C)Oc1ccc(C#N)cc1)c1cccc(Cl)c1. The standard InChI is InChI=1S/C20H19ClN2O4/c1-13(16-4-3-5-17(21)10-16)23-19(24)12-26-20(25)14(2)27-18-8-6-15(11-22)7-9-18/h3-10,13-14H,12H2,1-2H3,(H,23,24)/t13-,14+/m0/s1. The highest BCUT2D eigenvalue weighted by molar-refractivity contribution is 6.30. The van der Waals surface area contributed by atoms with Gasteiger partial charge in [-0.2, -0.15) is 5.26 Å². The van der Waals surface area contributed by atoms with Gasteiger partial charge in [-0.3, -0.25) is 4.79 Å². The van der Waals surface area contributed by atoms with Crippen LogP contribution >= 0.6 is 11.6 Å². The van der Waals surface area contributed by atoms with Crippen molar-refractivity contribution >= 4 is 23.5 Å². The molecule has 0 saturated heterocycles. The molecular weight excluding hydrogens is 368 g/mol. The fourth-order valence-corrected chi connectivity index (χ4v) is 2.46. The highest BCUT2D eigenvalue weighted by Gasteiger charge is 2.18. The molecule has 0 unspecified atom stereocenters. The zero-order chi connectivity index (χ0) is 19.8. The van der Waals surface area contributed by atoms with Gasteiger partial charge in [0.2, 0.25) is 0 Å². The van der Waals surface area contributed by atoms with Gasteiger partial charge in [0, 0.05) is 5.02 Å². The van der Waals surface area contributed by atoms with Crippen LogP contribution in [-0.4, -0.2) is 24.6 Å². The Hall–Kier alpha value is -3.04. The van der Waals surface area contributed by atoms with Gasteiger partial charge in [-0.25, -0.2) is 4.79 Å². The maximum absolute atomic E-state index is 12.0. The zero-order valence-electron chi connectivity index (χ0n) is 14.9. The molecule has 2 atom stereocenters. The molecule has 0 heterocycles. The Labute approximate surface area is 162 Å². The Bertz CT molecular complexity index is 846. The smallest absolute Gasteiger partial charge is 0.347 e. The van der Waals surface area contributed by atoms with Gasteiger partial charge in [-0.05, 0) is 55.8 Å². The van der Waals surface area contributed by atoms with Crippen molar-refractivity contribution in [2.45, 2.75) is 26.0 Å². The molecule has 0 aliphatic heterocycles. The van der Waals surface area contributed by atoms with E-state index in [2.05, 4.69) is 5.32 Å². The molecule has 7 heteroatoms. The Morgan fingerprint density at radius 2 is 1.89 bits per heavy atom. The largest absolute Gasteiger partial charge is 0.479 e. The van der Waals surface area contributed by atoms with Crippen molar-refractivity contribution in [2.24, 2.45) is 0 Å². The summed E-state index contributed by atoms with van der Waals surface area (Å²) in [5.74, 6) is -0.663. The first-order valence-corrected chi connectivity index (χ1v) is 8.65. The number of rotatable bonds is 7. The van der Waals surface area contributed by atoms with Crippen LogP contribution in [0.2, 0.25) is 5.02 Å². The van der Waals surface area contributed by atoms with Crippen LogP contribution < -0.4 is 10.1 Å². The van der Waals surface area contributed by atoms with Gasteiger partial charge in [0.05, 0.1) is 17.7 Å². The third-order valence-corrected chi connectivity index (χ3v) is 3.93. The topological polar surface area (TPSA) is 88.4 Å². The summed E-state index contributed by atoms with van der Waals surface area (Å²) < 4.78 is 10.4. The van der Waals surface area contributed by atoms with E-state index in [0.717, 1.165) is 5.56 Å². The normalized spacial score (nSPS) is 12.4. The number of nitrogens with zero attached hydrogens (tertiary/aromatic N) is 1. The average molecular weight is 387 g/mol. The summed E-state index contributed by atoms with van der Waals surface area (Å²) in [6, 6.07) is 15.2. The van der Waals surface area contributed by atoms with Crippen molar-refractivity contribution in [3.05, 3.63) is 64.7 Å². The van der Waals surface area contributed by atoms with E-state index in [1.165, 1.54) is 6.92 Å². The van der Waals surface area contributed by atoms with Gasteiger partial charge in [-0.1, -0.05) is 23.7 Å². The number of hydrogen-bond acceptors (Lipinski definition) is 5. The number of benzene rings is 2. The molecule has 2 aromatic rings. The van der Waals surface area contributed by atoms with Gasteiger partial charge in [-0.15, -0.1) is 0 Å². The first-order chi connectivity index (χ1) is 12.9. The van der Waals surface area contributed by atoms with E-state index in [0.29, 0.717) is 16.3 Å². The molecule has 0 bridgehead atoms. The average Bonchev–Trinajstić information content (AvgIpc) is 2.66. The minimum atomic E-state index is -0.893. The molecule has 1 amide bonds. The lowest BCUT2D eigenvalue weighted by atomic mass is 10.1. The summed E-state index contributed by atoms with van der Waals surface area (Å²) in [7, 11) is 0. The Morgan fingerprint density at radius 1 is 1.19 bits per heavy atom. The molecule has 0 fully saturated rings. The molecule has 1 N–H and O–H groups in total. The van der Waals surface area contributed by atoms with Crippen LogP contribution in [0.15, 0.2) is 48.5 Å². The second-order valence-corrected chi connectivity index (χ2v) is 6.28. The predicted octanol–water partition coefficient (Wildman–Crippen LogP) is 3.40. The fourth-order valence-electron chi connectivity index (χ4n) is 2.26. The monoisotopic (exact) mass is 386 g/mol. The maximum Gasteiger partial charge on any atom is 0.347 e. The van der Waals surface area contributed by atoms with Gasteiger partial charge in [0.1, 0.15) is 5.75 Å². The first-order valence-electron chi connectivity index (χ1n) is 8.27. The van der Waals surface area contributed by atoms with Gasteiger partial charge < -0.3 is 14.8 Å². The molecule has 0 aliphatic rings. The lowest BCUT2D eigenvalue weighted by Crippen LogP contribution is -2.34. The zero-order valence-corrected chi connectivity index (χ0v) is 15.7. The van der Waals surface area contributed by atoms with E-state index >= 15 is 0 Å².